The van der Waals surface area contributed by atoms with Crippen LogP contribution in [0, 0.1) is 11.3 Å². The summed E-state index contributed by atoms with van der Waals surface area (Å²) in [5.41, 5.74) is 7.99. The van der Waals surface area contributed by atoms with E-state index < -0.39 is 0 Å². The molecular weight excluding hydrogens is 289 g/mol. The van der Waals surface area contributed by atoms with Gasteiger partial charge in [-0.2, -0.15) is 0 Å². The Bertz CT molecular complexity index is 450. The highest BCUT2D eigenvalue weighted by Crippen LogP contribution is 2.46. The van der Waals surface area contributed by atoms with E-state index in [1.807, 2.05) is 18.2 Å². The summed E-state index contributed by atoms with van der Waals surface area (Å²) < 4.78 is 0. The van der Waals surface area contributed by atoms with E-state index in [9.17, 15) is 0 Å². The van der Waals surface area contributed by atoms with Gasteiger partial charge in [0, 0.05) is 6.04 Å². The van der Waals surface area contributed by atoms with E-state index in [-0.39, 0.29) is 6.04 Å². The highest BCUT2D eigenvalue weighted by molar-refractivity contribution is 6.42. The van der Waals surface area contributed by atoms with Crippen molar-refractivity contribution in [3.63, 3.8) is 0 Å². The van der Waals surface area contributed by atoms with Crippen molar-refractivity contribution in [2.24, 2.45) is 17.1 Å². The first-order valence-corrected chi connectivity index (χ1v) is 8.39. The lowest BCUT2D eigenvalue weighted by molar-refractivity contribution is 0.181. The number of halogens is 2. The third-order valence-electron chi connectivity index (χ3n) is 4.67. The maximum absolute atomic E-state index is 6.61. The van der Waals surface area contributed by atoms with E-state index >= 15 is 0 Å². The standard InChI is InChI=1S/C17H25Cl2N/c1-12(2)11-17(8-3-4-9-17)15(20)10-13-6-5-7-14(18)16(13)19/h5-7,12,15H,3-4,8-11,20H2,1-2H3. The Hall–Kier alpha value is -0.240. The molecule has 112 valence electrons. The van der Waals surface area contributed by atoms with Gasteiger partial charge < -0.3 is 5.73 Å². The lowest BCUT2D eigenvalue weighted by atomic mass is 9.71. The second-order valence-corrected chi connectivity index (χ2v) is 7.48. The van der Waals surface area contributed by atoms with Gasteiger partial charge in [-0.05, 0) is 48.6 Å². The Morgan fingerprint density at radius 1 is 1.20 bits per heavy atom. The van der Waals surface area contributed by atoms with E-state index in [1.165, 1.54) is 32.1 Å². The average Bonchev–Trinajstić information content (AvgIpc) is 2.84. The molecule has 2 N–H and O–H groups in total. The van der Waals surface area contributed by atoms with Gasteiger partial charge in [-0.3, -0.25) is 0 Å². The summed E-state index contributed by atoms with van der Waals surface area (Å²) >= 11 is 12.4. The molecule has 0 saturated heterocycles. The van der Waals surface area contributed by atoms with Crippen LogP contribution < -0.4 is 5.73 Å². The highest BCUT2D eigenvalue weighted by atomic mass is 35.5. The molecule has 2 rings (SSSR count). The number of nitrogens with two attached hydrogens (primary N) is 1. The predicted molar refractivity (Wildman–Crippen MR) is 88.5 cm³/mol. The van der Waals surface area contributed by atoms with Crippen molar-refractivity contribution in [2.45, 2.75) is 58.4 Å². The second-order valence-electron chi connectivity index (χ2n) is 6.69. The average molecular weight is 314 g/mol. The van der Waals surface area contributed by atoms with Gasteiger partial charge in [0.1, 0.15) is 0 Å². The maximum Gasteiger partial charge on any atom is 0.0624 e. The van der Waals surface area contributed by atoms with E-state index in [2.05, 4.69) is 13.8 Å². The molecule has 1 saturated carbocycles. The van der Waals surface area contributed by atoms with Gasteiger partial charge in [-0.25, -0.2) is 0 Å². The molecule has 0 radical (unpaired) electrons. The summed E-state index contributed by atoms with van der Waals surface area (Å²) in [6.07, 6.45) is 7.17. The second kappa shape index (κ2) is 6.68. The summed E-state index contributed by atoms with van der Waals surface area (Å²) in [6, 6.07) is 6.01. The topological polar surface area (TPSA) is 26.0 Å². The SMILES string of the molecule is CC(C)CC1(C(N)Cc2cccc(Cl)c2Cl)CCCC1. The molecule has 1 fully saturated rings. The van der Waals surface area contributed by atoms with Gasteiger partial charge in [-0.1, -0.05) is 62.0 Å². The van der Waals surface area contributed by atoms with Gasteiger partial charge in [-0.15, -0.1) is 0 Å². The zero-order valence-corrected chi connectivity index (χ0v) is 14.0. The van der Waals surface area contributed by atoms with Crippen LogP contribution in [0.2, 0.25) is 10.0 Å². The lowest BCUT2D eigenvalue weighted by Gasteiger charge is -2.37. The largest absolute Gasteiger partial charge is 0.327 e. The van der Waals surface area contributed by atoms with Crippen molar-refractivity contribution in [3.05, 3.63) is 33.8 Å². The molecule has 1 unspecified atom stereocenters. The first kappa shape index (κ1) is 16.1. The van der Waals surface area contributed by atoms with Crippen molar-refractivity contribution in [3.8, 4) is 0 Å². The molecule has 1 aliphatic carbocycles. The fourth-order valence-electron chi connectivity index (χ4n) is 3.78. The summed E-state index contributed by atoms with van der Waals surface area (Å²) in [4.78, 5) is 0. The molecular formula is C17H25Cl2N. The van der Waals surface area contributed by atoms with Gasteiger partial charge in [0.15, 0.2) is 0 Å². The van der Waals surface area contributed by atoms with Crippen LogP contribution in [0.5, 0.6) is 0 Å². The quantitative estimate of drug-likeness (QED) is 0.766. The first-order chi connectivity index (χ1) is 9.44. The van der Waals surface area contributed by atoms with Crippen LogP contribution in [0.4, 0.5) is 0 Å². The smallest absolute Gasteiger partial charge is 0.0624 e. The van der Waals surface area contributed by atoms with Crippen LogP contribution in [0.25, 0.3) is 0 Å². The van der Waals surface area contributed by atoms with Gasteiger partial charge >= 0.3 is 0 Å². The third kappa shape index (κ3) is 3.50. The van der Waals surface area contributed by atoms with Crippen LogP contribution in [-0.4, -0.2) is 6.04 Å². The van der Waals surface area contributed by atoms with Crippen LogP contribution in [0.15, 0.2) is 18.2 Å². The maximum atomic E-state index is 6.61. The third-order valence-corrected chi connectivity index (χ3v) is 5.53. The Balaban J connectivity index is 2.16. The molecule has 0 aromatic heterocycles. The molecule has 0 bridgehead atoms. The minimum atomic E-state index is 0.170. The molecule has 1 aromatic carbocycles. The van der Waals surface area contributed by atoms with Crippen molar-refractivity contribution in [2.75, 3.05) is 0 Å². The molecule has 0 heterocycles. The van der Waals surface area contributed by atoms with Crippen LogP contribution in [0.3, 0.4) is 0 Å². The minimum absolute atomic E-state index is 0.170. The highest BCUT2D eigenvalue weighted by Gasteiger charge is 2.39. The summed E-state index contributed by atoms with van der Waals surface area (Å²) in [5.74, 6) is 0.689. The summed E-state index contributed by atoms with van der Waals surface area (Å²) in [7, 11) is 0. The molecule has 20 heavy (non-hydrogen) atoms. The first-order valence-electron chi connectivity index (χ1n) is 7.63. The van der Waals surface area contributed by atoms with Gasteiger partial charge in [0.25, 0.3) is 0 Å². The number of hydrogen-bond acceptors (Lipinski definition) is 1. The van der Waals surface area contributed by atoms with Gasteiger partial charge in [0.05, 0.1) is 10.0 Å². The van der Waals surface area contributed by atoms with E-state index in [0.717, 1.165) is 12.0 Å². The summed E-state index contributed by atoms with van der Waals surface area (Å²) in [5, 5.41) is 1.29. The normalized spacial score (nSPS) is 19.5. The lowest BCUT2D eigenvalue weighted by Crippen LogP contribution is -2.42. The molecule has 1 aromatic rings. The zero-order chi connectivity index (χ0) is 14.8. The van der Waals surface area contributed by atoms with E-state index in [1.54, 1.807) is 0 Å². The van der Waals surface area contributed by atoms with Crippen molar-refractivity contribution in [1.29, 1.82) is 0 Å². The van der Waals surface area contributed by atoms with E-state index in [0.29, 0.717) is 21.4 Å². The Labute approximate surface area is 132 Å². The molecule has 0 amide bonds. The fraction of sp³-hybridized carbons (Fsp3) is 0.647. The van der Waals surface area contributed by atoms with Crippen LogP contribution in [0.1, 0.15) is 51.5 Å². The fourth-order valence-corrected chi connectivity index (χ4v) is 4.18. The molecule has 3 heteroatoms. The minimum Gasteiger partial charge on any atom is -0.327 e. The number of rotatable bonds is 5. The number of benzene rings is 1. The van der Waals surface area contributed by atoms with Gasteiger partial charge in [0.2, 0.25) is 0 Å². The molecule has 1 aliphatic rings. The van der Waals surface area contributed by atoms with E-state index in [4.69, 9.17) is 28.9 Å². The molecule has 0 aliphatic heterocycles. The summed E-state index contributed by atoms with van der Waals surface area (Å²) in [6.45, 7) is 4.58. The Morgan fingerprint density at radius 3 is 2.45 bits per heavy atom. The monoisotopic (exact) mass is 313 g/mol. The zero-order valence-electron chi connectivity index (χ0n) is 12.5. The molecule has 1 atom stereocenters. The van der Waals surface area contributed by atoms with Crippen LogP contribution >= 0.6 is 23.2 Å². The molecule has 1 nitrogen and oxygen atoms in total. The number of hydrogen-bond donors (Lipinski definition) is 1. The van der Waals surface area contributed by atoms with Crippen molar-refractivity contribution >= 4 is 23.2 Å². The molecule has 0 spiro atoms. The van der Waals surface area contributed by atoms with Crippen molar-refractivity contribution in [1.82, 2.24) is 0 Å². The Kier molecular flexibility index (Phi) is 5.39. The van der Waals surface area contributed by atoms with Crippen LogP contribution in [-0.2, 0) is 6.42 Å². The predicted octanol–water partition coefficient (Wildman–Crippen LogP) is 5.47. The van der Waals surface area contributed by atoms with Crippen molar-refractivity contribution < 1.29 is 0 Å². The Morgan fingerprint density at radius 2 is 1.85 bits per heavy atom.